The molecular formula is C24H21NO7S. The third kappa shape index (κ3) is 5.15. The summed E-state index contributed by atoms with van der Waals surface area (Å²) in [7, 11) is -3.94. The number of carboxylic acids is 1. The molecule has 1 saturated heterocycles. The summed E-state index contributed by atoms with van der Waals surface area (Å²) in [5.74, 6) is -0.801. The smallest absolute Gasteiger partial charge is 0.339 e. The van der Waals surface area contributed by atoms with E-state index in [1.54, 1.807) is 47.4 Å². The summed E-state index contributed by atoms with van der Waals surface area (Å²) in [5, 5.41) is 8.95. The molecule has 1 unspecified atom stereocenters. The zero-order valence-electron chi connectivity index (χ0n) is 17.5. The van der Waals surface area contributed by atoms with Crippen LogP contribution in [0, 0.1) is 5.92 Å². The van der Waals surface area contributed by atoms with Gasteiger partial charge in [-0.3, -0.25) is 4.79 Å². The minimum absolute atomic E-state index is 0.0595. The van der Waals surface area contributed by atoms with Gasteiger partial charge in [-0.25, -0.2) is 4.79 Å². The largest absolute Gasteiger partial charge is 0.493 e. The monoisotopic (exact) mass is 467 g/mol. The van der Waals surface area contributed by atoms with Gasteiger partial charge >= 0.3 is 16.1 Å². The first kappa shape index (κ1) is 22.3. The molecule has 1 heterocycles. The van der Waals surface area contributed by atoms with Gasteiger partial charge in [0.2, 0.25) is 5.91 Å². The van der Waals surface area contributed by atoms with Gasteiger partial charge in [-0.1, -0.05) is 18.2 Å². The van der Waals surface area contributed by atoms with Gasteiger partial charge < -0.3 is 18.9 Å². The van der Waals surface area contributed by atoms with Crippen molar-refractivity contribution in [1.29, 1.82) is 0 Å². The van der Waals surface area contributed by atoms with Gasteiger partial charge in [0, 0.05) is 12.2 Å². The molecule has 0 aromatic heterocycles. The molecule has 3 aromatic rings. The number of hydrogen-bond donors (Lipinski definition) is 1. The number of carboxylic acid groups (broad SMARTS) is 1. The average Bonchev–Trinajstić information content (AvgIpc) is 3.19. The van der Waals surface area contributed by atoms with E-state index in [0.29, 0.717) is 24.4 Å². The summed E-state index contributed by atoms with van der Waals surface area (Å²) in [4.78, 5) is 25.4. The van der Waals surface area contributed by atoms with Crippen LogP contribution < -0.4 is 13.8 Å². The maximum atomic E-state index is 12.8. The Hall–Kier alpha value is -3.85. The maximum absolute atomic E-state index is 12.8. The molecule has 1 aliphatic rings. The van der Waals surface area contributed by atoms with Crippen LogP contribution in [-0.2, 0) is 14.9 Å². The van der Waals surface area contributed by atoms with Crippen molar-refractivity contribution in [2.75, 3.05) is 18.1 Å². The SMILES string of the molecule is O=C(O)c1ccc(OCC2CCN(c3ccc(OS(=O)(=O)c4ccccc4)cc3)C2=O)cc1. The molecule has 0 aliphatic carbocycles. The van der Waals surface area contributed by atoms with E-state index in [0.717, 1.165) is 0 Å². The molecule has 8 nitrogen and oxygen atoms in total. The molecule has 170 valence electrons. The van der Waals surface area contributed by atoms with Gasteiger partial charge in [-0.15, -0.1) is 0 Å². The topological polar surface area (TPSA) is 110 Å². The summed E-state index contributed by atoms with van der Waals surface area (Å²) < 4.78 is 35.5. The van der Waals surface area contributed by atoms with Gasteiger partial charge in [-0.2, -0.15) is 8.42 Å². The van der Waals surface area contributed by atoms with Crippen molar-refractivity contribution in [3.8, 4) is 11.5 Å². The first-order chi connectivity index (χ1) is 15.8. The summed E-state index contributed by atoms with van der Waals surface area (Å²) in [6.07, 6.45) is 0.604. The lowest BCUT2D eigenvalue weighted by Crippen LogP contribution is -2.29. The Balaban J connectivity index is 1.36. The van der Waals surface area contributed by atoms with E-state index in [2.05, 4.69) is 0 Å². The maximum Gasteiger partial charge on any atom is 0.339 e. The summed E-state index contributed by atoms with van der Waals surface area (Å²) in [6.45, 7) is 0.686. The number of carbonyl (C=O) groups is 2. The number of ether oxygens (including phenoxy) is 1. The molecule has 1 aliphatic heterocycles. The predicted octanol–water partition coefficient (Wildman–Crippen LogP) is 3.58. The molecule has 33 heavy (non-hydrogen) atoms. The quantitative estimate of drug-likeness (QED) is 0.504. The van der Waals surface area contributed by atoms with E-state index in [4.69, 9.17) is 14.0 Å². The predicted molar refractivity (Wildman–Crippen MR) is 120 cm³/mol. The molecule has 1 atom stereocenters. The molecule has 0 bridgehead atoms. The van der Waals surface area contributed by atoms with Crippen LogP contribution in [0.5, 0.6) is 11.5 Å². The second-order valence-corrected chi connectivity index (χ2v) is 9.01. The van der Waals surface area contributed by atoms with Crippen LogP contribution in [0.2, 0.25) is 0 Å². The molecule has 0 radical (unpaired) electrons. The summed E-state index contributed by atoms with van der Waals surface area (Å²) in [5.41, 5.74) is 0.798. The molecule has 3 aromatic carbocycles. The Morgan fingerprint density at radius 3 is 2.21 bits per heavy atom. The second kappa shape index (κ2) is 9.33. The van der Waals surface area contributed by atoms with Crippen molar-refractivity contribution < 1.29 is 32.0 Å². The lowest BCUT2D eigenvalue weighted by Gasteiger charge is -2.17. The van der Waals surface area contributed by atoms with Crippen molar-refractivity contribution in [2.45, 2.75) is 11.3 Å². The number of rotatable bonds is 8. The first-order valence-electron chi connectivity index (χ1n) is 10.2. The van der Waals surface area contributed by atoms with Crippen LogP contribution in [-0.4, -0.2) is 38.6 Å². The number of hydrogen-bond acceptors (Lipinski definition) is 6. The lowest BCUT2D eigenvalue weighted by molar-refractivity contribution is -0.121. The molecule has 0 spiro atoms. The highest BCUT2D eigenvalue weighted by atomic mass is 32.2. The first-order valence-corrected chi connectivity index (χ1v) is 11.6. The summed E-state index contributed by atoms with van der Waals surface area (Å²) >= 11 is 0. The van der Waals surface area contributed by atoms with Gasteiger partial charge in [0.25, 0.3) is 0 Å². The number of nitrogens with zero attached hydrogens (tertiary/aromatic N) is 1. The van der Waals surface area contributed by atoms with Gasteiger partial charge in [0.05, 0.1) is 18.1 Å². The minimum Gasteiger partial charge on any atom is -0.493 e. The van der Waals surface area contributed by atoms with E-state index in [1.165, 1.54) is 36.4 Å². The van der Waals surface area contributed by atoms with Crippen LogP contribution in [0.3, 0.4) is 0 Å². The molecular weight excluding hydrogens is 446 g/mol. The lowest BCUT2D eigenvalue weighted by atomic mass is 10.1. The van der Waals surface area contributed by atoms with Gasteiger partial charge in [0.1, 0.15) is 16.4 Å². The number of carbonyl (C=O) groups excluding carboxylic acids is 1. The van der Waals surface area contributed by atoms with Crippen LogP contribution in [0.25, 0.3) is 0 Å². The van der Waals surface area contributed by atoms with Crippen LogP contribution in [0.1, 0.15) is 16.8 Å². The Bertz CT molecular complexity index is 1240. The number of benzene rings is 3. The van der Waals surface area contributed by atoms with Crippen LogP contribution >= 0.6 is 0 Å². The van der Waals surface area contributed by atoms with Crippen molar-refractivity contribution in [2.24, 2.45) is 5.92 Å². The van der Waals surface area contributed by atoms with Crippen LogP contribution in [0.15, 0.2) is 83.8 Å². The Kier molecular flexibility index (Phi) is 6.32. The van der Waals surface area contributed by atoms with E-state index in [1.807, 2.05) is 0 Å². The fourth-order valence-electron chi connectivity index (χ4n) is 3.48. The molecule has 1 amide bonds. The van der Waals surface area contributed by atoms with Crippen molar-refractivity contribution in [1.82, 2.24) is 0 Å². The second-order valence-electron chi connectivity index (χ2n) is 7.46. The molecule has 4 rings (SSSR count). The molecule has 9 heteroatoms. The normalized spacial score (nSPS) is 15.9. The fraction of sp³-hybridized carbons (Fsp3) is 0.167. The average molecular weight is 467 g/mol. The number of amides is 1. The Morgan fingerprint density at radius 2 is 1.58 bits per heavy atom. The van der Waals surface area contributed by atoms with Crippen molar-refractivity contribution in [3.63, 3.8) is 0 Å². The fourth-order valence-corrected chi connectivity index (χ4v) is 4.44. The highest BCUT2D eigenvalue weighted by Crippen LogP contribution is 2.28. The minimum atomic E-state index is -3.94. The highest BCUT2D eigenvalue weighted by Gasteiger charge is 2.33. The van der Waals surface area contributed by atoms with Crippen LogP contribution in [0.4, 0.5) is 5.69 Å². The number of aromatic carboxylic acids is 1. The third-order valence-electron chi connectivity index (χ3n) is 5.26. The van der Waals surface area contributed by atoms with E-state index in [9.17, 15) is 18.0 Å². The van der Waals surface area contributed by atoms with Crippen molar-refractivity contribution >= 4 is 27.7 Å². The zero-order valence-corrected chi connectivity index (χ0v) is 18.3. The highest BCUT2D eigenvalue weighted by molar-refractivity contribution is 7.87. The van der Waals surface area contributed by atoms with Gasteiger partial charge in [0.15, 0.2) is 0 Å². The summed E-state index contributed by atoms with van der Waals surface area (Å²) in [6, 6.07) is 20.2. The molecule has 0 saturated carbocycles. The molecule has 1 N–H and O–H groups in total. The van der Waals surface area contributed by atoms with Crippen molar-refractivity contribution in [3.05, 3.63) is 84.4 Å². The Morgan fingerprint density at radius 1 is 0.939 bits per heavy atom. The van der Waals surface area contributed by atoms with E-state index in [-0.39, 0.29) is 34.6 Å². The van der Waals surface area contributed by atoms with Gasteiger partial charge in [-0.05, 0) is 67.1 Å². The van der Waals surface area contributed by atoms with E-state index < -0.39 is 16.1 Å². The Labute approximate surface area is 191 Å². The molecule has 1 fully saturated rings. The number of anilines is 1. The third-order valence-corrected chi connectivity index (χ3v) is 6.52. The zero-order chi connectivity index (χ0) is 23.4. The standard InChI is InChI=1S/C24H21NO7S/c26-23-18(16-31-20-10-6-17(7-11-20)24(27)28)14-15-25(23)19-8-12-21(13-9-19)32-33(29,30)22-4-2-1-3-5-22/h1-13,18H,14-16H2,(H,27,28). The van der Waals surface area contributed by atoms with E-state index >= 15 is 0 Å².